The molecule has 0 amide bonds. The number of rotatable bonds is 36. The van der Waals surface area contributed by atoms with Gasteiger partial charge in [-0.1, -0.05) is 187 Å². The van der Waals surface area contributed by atoms with E-state index >= 15 is 0 Å². The molecule has 0 aliphatic rings. The third kappa shape index (κ3) is 37.0. The summed E-state index contributed by atoms with van der Waals surface area (Å²) in [7, 11) is 0. The van der Waals surface area contributed by atoms with Crippen LogP contribution in [0, 0.1) is 0 Å². The molecule has 4 nitrogen and oxygen atoms in total. The van der Waals surface area contributed by atoms with Crippen molar-refractivity contribution >= 4 is 11.9 Å². The normalized spacial score (nSPS) is 12.0. The molecule has 0 bridgehead atoms. The molecule has 0 fully saturated rings. The van der Waals surface area contributed by atoms with Crippen LogP contribution in [0.5, 0.6) is 0 Å². The molecular formula is C39H76O4. The maximum Gasteiger partial charge on any atom is 0.306 e. The number of carboxylic acid groups (broad SMARTS) is 1. The van der Waals surface area contributed by atoms with E-state index in [2.05, 4.69) is 13.8 Å². The molecule has 0 aliphatic carbocycles. The first-order chi connectivity index (χ1) is 21.1. The lowest BCUT2D eigenvalue weighted by Gasteiger charge is -2.13. The molecule has 0 saturated carbocycles. The van der Waals surface area contributed by atoms with Crippen LogP contribution in [-0.4, -0.2) is 23.1 Å². The Balaban J connectivity index is 3.26. The molecule has 0 saturated heterocycles. The zero-order valence-electron chi connectivity index (χ0n) is 29.3. The van der Waals surface area contributed by atoms with Crippen molar-refractivity contribution in [1.29, 1.82) is 0 Å². The van der Waals surface area contributed by atoms with Crippen LogP contribution in [0.3, 0.4) is 0 Å². The summed E-state index contributed by atoms with van der Waals surface area (Å²) in [5, 5.41) is 8.64. The molecule has 0 spiro atoms. The van der Waals surface area contributed by atoms with Crippen molar-refractivity contribution in [2.24, 2.45) is 0 Å². The largest absolute Gasteiger partial charge is 0.481 e. The average Bonchev–Trinajstić information content (AvgIpc) is 2.98. The highest BCUT2D eigenvalue weighted by atomic mass is 16.5. The van der Waals surface area contributed by atoms with Crippen LogP contribution < -0.4 is 0 Å². The molecule has 43 heavy (non-hydrogen) atoms. The number of carboxylic acids is 1. The Kier molecular flexibility index (Phi) is 34.5. The van der Waals surface area contributed by atoms with Gasteiger partial charge in [0.05, 0.1) is 6.10 Å². The second-order valence-corrected chi connectivity index (χ2v) is 13.6. The Labute approximate surface area is 269 Å². The van der Waals surface area contributed by atoms with E-state index in [0.29, 0.717) is 12.8 Å². The summed E-state index contributed by atoms with van der Waals surface area (Å²) in [5.74, 6) is -0.651. The van der Waals surface area contributed by atoms with Crippen LogP contribution in [0.15, 0.2) is 0 Å². The highest BCUT2D eigenvalue weighted by Gasteiger charge is 2.09. The van der Waals surface area contributed by atoms with Crippen LogP contribution in [0.2, 0.25) is 0 Å². The Bertz CT molecular complexity index is 576. The van der Waals surface area contributed by atoms with Gasteiger partial charge in [-0.25, -0.2) is 0 Å². The van der Waals surface area contributed by atoms with E-state index < -0.39 is 5.97 Å². The van der Waals surface area contributed by atoms with Gasteiger partial charge >= 0.3 is 11.9 Å². The summed E-state index contributed by atoms with van der Waals surface area (Å²) in [6.07, 6.45) is 42.6. The Hall–Kier alpha value is -1.06. The number of ether oxygens (including phenoxy) is 1. The van der Waals surface area contributed by atoms with Crippen LogP contribution in [0.1, 0.15) is 232 Å². The van der Waals surface area contributed by atoms with Gasteiger partial charge in [-0.05, 0) is 32.6 Å². The Morgan fingerprint density at radius 2 is 0.721 bits per heavy atom. The molecule has 0 heterocycles. The lowest BCUT2D eigenvalue weighted by molar-refractivity contribution is -0.148. The van der Waals surface area contributed by atoms with Crippen molar-refractivity contribution in [2.45, 2.75) is 238 Å². The molecule has 0 aromatic rings. The van der Waals surface area contributed by atoms with Crippen molar-refractivity contribution in [2.75, 3.05) is 0 Å². The second kappa shape index (κ2) is 35.4. The lowest BCUT2D eigenvalue weighted by Crippen LogP contribution is -2.14. The van der Waals surface area contributed by atoms with Gasteiger partial charge in [0.25, 0.3) is 0 Å². The topological polar surface area (TPSA) is 63.6 Å². The fourth-order valence-corrected chi connectivity index (χ4v) is 6.17. The number of hydrogen-bond acceptors (Lipinski definition) is 3. The van der Waals surface area contributed by atoms with Gasteiger partial charge in [-0.3, -0.25) is 9.59 Å². The number of aliphatic carboxylic acids is 1. The van der Waals surface area contributed by atoms with Crippen LogP contribution >= 0.6 is 0 Å². The van der Waals surface area contributed by atoms with Crippen LogP contribution in [-0.2, 0) is 14.3 Å². The highest BCUT2D eigenvalue weighted by Crippen LogP contribution is 2.17. The smallest absolute Gasteiger partial charge is 0.306 e. The molecule has 0 radical (unpaired) electrons. The van der Waals surface area contributed by atoms with E-state index in [1.807, 2.05) is 0 Å². The maximum atomic E-state index is 12.1. The van der Waals surface area contributed by atoms with E-state index in [1.54, 1.807) is 0 Å². The monoisotopic (exact) mass is 609 g/mol. The number of hydrogen-bond donors (Lipinski definition) is 1. The number of unbranched alkanes of at least 4 members (excludes halogenated alkanes) is 29. The average molecular weight is 609 g/mol. The van der Waals surface area contributed by atoms with Crippen LogP contribution in [0.25, 0.3) is 0 Å². The van der Waals surface area contributed by atoms with E-state index in [0.717, 1.165) is 25.7 Å². The SMILES string of the molecule is CCCCCCCCCCCCCCCCC(=O)OC(C)CCCCCCCCCCCCCCCCCCCC(=O)O. The van der Waals surface area contributed by atoms with Crippen molar-refractivity contribution < 1.29 is 19.4 Å². The molecule has 1 atom stereocenters. The fourth-order valence-electron chi connectivity index (χ4n) is 6.17. The fraction of sp³-hybridized carbons (Fsp3) is 0.949. The lowest BCUT2D eigenvalue weighted by atomic mass is 10.0. The molecular weight excluding hydrogens is 532 g/mol. The summed E-state index contributed by atoms with van der Waals surface area (Å²) in [5.41, 5.74) is 0. The third-order valence-corrected chi connectivity index (χ3v) is 9.07. The summed E-state index contributed by atoms with van der Waals surface area (Å²) < 4.78 is 5.65. The molecule has 0 aromatic heterocycles. The molecule has 4 heteroatoms. The Morgan fingerprint density at radius 3 is 1.05 bits per heavy atom. The number of esters is 1. The van der Waals surface area contributed by atoms with Crippen molar-refractivity contribution in [3.63, 3.8) is 0 Å². The molecule has 1 unspecified atom stereocenters. The number of carbonyl (C=O) groups is 2. The van der Waals surface area contributed by atoms with E-state index in [-0.39, 0.29) is 12.1 Å². The molecule has 0 aromatic carbocycles. The zero-order chi connectivity index (χ0) is 31.5. The third-order valence-electron chi connectivity index (χ3n) is 9.07. The first kappa shape index (κ1) is 41.9. The van der Waals surface area contributed by atoms with Crippen molar-refractivity contribution in [3.05, 3.63) is 0 Å². The van der Waals surface area contributed by atoms with Gasteiger partial charge in [0.1, 0.15) is 0 Å². The first-order valence-electron chi connectivity index (χ1n) is 19.5. The van der Waals surface area contributed by atoms with Gasteiger partial charge < -0.3 is 9.84 Å². The number of carbonyl (C=O) groups excluding carboxylic acids is 1. The second-order valence-electron chi connectivity index (χ2n) is 13.6. The van der Waals surface area contributed by atoms with Crippen molar-refractivity contribution in [1.82, 2.24) is 0 Å². The predicted molar refractivity (Wildman–Crippen MR) is 186 cm³/mol. The minimum atomic E-state index is -0.661. The maximum absolute atomic E-state index is 12.1. The van der Waals surface area contributed by atoms with E-state index in [9.17, 15) is 9.59 Å². The molecule has 0 aliphatic heterocycles. The quantitative estimate of drug-likeness (QED) is 0.0567. The standard InChI is InChI=1S/C39H76O4/c1-3-4-5-6-7-8-9-10-18-21-24-27-30-33-36-39(42)43-37(2)34-31-28-25-22-19-16-14-12-11-13-15-17-20-23-26-29-32-35-38(40)41/h37H,3-36H2,1-2H3,(H,40,41). The predicted octanol–water partition coefficient (Wildman–Crippen LogP) is 13.3. The summed E-state index contributed by atoms with van der Waals surface area (Å²) in [6.45, 7) is 4.35. The minimum Gasteiger partial charge on any atom is -0.481 e. The van der Waals surface area contributed by atoms with Gasteiger partial charge in [0, 0.05) is 12.8 Å². The Morgan fingerprint density at radius 1 is 0.442 bits per heavy atom. The summed E-state index contributed by atoms with van der Waals surface area (Å²) >= 11 is 0. The van der Waals surface area contributed by atoms with E-state index in [4.69, 9.17) is 9.84 Å². The van der Waals surface area contributed by atoms with E-state index in [1.165, 1.54) is 180 Å². The van der Waals surface area contributed by atoms with Crippen LogP contribution in [0.4, 0.5) is 0 Å². The van der Waals surface area contributed by atoms with Gasteiger partial charge in [-0.15, -0.1) is 0 Å². The summed E-state index contributed by atoms with van der Waals surface area (Å²) in [6, 6.07) is 0. The van der Waals surface area contributed by atoms with Crippen molar-refractivity contribution in [3.8, 4) is 0 Å². The van der Waals surface area contributed by atoms with Gasteiger partial charge in [0.15, 0.2) is 0 Å². The van der Waals surface area contributed by atoms with Gasteiger partial charge in [0.2, 0.25) is 0 Å². The molecule has 1 N–H and O–H groups in total. The zero-order valence-corrected chi connectivity index (χ0v) is 29.3. The molecule has 256 valence electrons. The first-order valence-corrected chi connectivity index (χ1v) is 19.5. The highest BCUT2D eigenvalue weighted by molar-refractivity contribution is 5.69. The molecule has 0 rings (SSSR count). The summed E-state index contributed by atoms with van der Waals surface area (Å²) in [4.78, 5) is 22.6. The minimum absolute atomic E-state index is 0.0106. The van der Waals surface area contributed by atoms with Gasteiger partial charge in [-0.2, -0.15) is 0 Å².